The molecule has 2 aromatic carbocycles. The predicted octanol–water partition coefficient (Wildman–Crippen LogP) is 4.52. The van der Waals surface area contributed by atoms with E-state index in [9.17, 15) is 14.0 Å². The Morgan fingerprint density at radius 2 is 1.75 bits per heavy atom. The maximum Gasteiger partial charge on any atom is 0.323 e. The molecular formula is C19H14BrFN4O3. The number of benzene rings is 2. The van der Waals surface area contributed by atoms with E-state index in [1.807, 2.05) is 0 Å². The minimum atomic E-state index is -0.655. The van der Waals surface area contributed by atoms with Gasteiger partial charge in [0, 0.05) is 22.4 Å². The molecule has 7 nitrogen and oxygen atoms in total. The molecule has 3 amide bonds. The summed E-state index contributed by atoms with van der Waals surface area (Å²) in [7, 11) is 0. The molecule has 142 valence electrons. The fraction of sp³-hybridized carbons (Fsp3) is 0. The van der Waals surface area contributed by atoms with Gasteiger partial charge < -0.3 is 21.1 Å². The summed E-state index contributed by atoms with van der Waals surface area (Å²) >= 11 is 3.22. The number of pyridine rings is 1. The van der Waals surface area contributed by atoms with Crippen molar-refractivity contribution in [3.8, 4) is 11.5 Å². The molecule has 0 saturated carbocycles. The van der Waals surface area contributed by atoms with Crippen molar-refractivity contribution in [2.24, 2.45) is 5.73 Å². The van der Waals surface area contributed by atoms with E-state index in [1.165, 1.54) is 30.5 Å². The Morgan fingerprint density at radius 1 is 1.00 bits per heavy atom. The van der Waals surface area contributed by atoms with Crippen LogP contribution in [-0.4, -0.2) is 16.9 Å². The van der Waals surface area contributed by atoms with E-state index in [1.54, 1.807) is 30.3 Å². The molecular weight excluding hydrogens is 431 g/mol. The number of urea groups is 1. The Labute approximate surface area is 167 Å². The molecule has 1 heterocycles. The van der Waals surface area contributed by atoms with Gasteiger partial charge in [0.15, 0.2) is 0 Å². The largest absolute Gasteiger partial charge is 0.457 e. The van der Waals surface area contributed by atoms with E-state index in [0.717, 1.165) is 0 Å². The van der Waals surface area contributed by atoms with Crippen LogP contribution in [0.3, 0.4) is 0 Å². The number of nitrogens with two attached hydrogens (primary N) is 1. The summed E-state index contributed by atoms with van der Waals surface area (Å²) < 4.78 is 20.0. The molecule has 4 N–H and O–H groups in total. The van der Waals surface area contributed by atoms with Gasteiger partial charge in [-0.05, 0) is 48.5 Å². The standard InChI is InChI=1S/C19H14BrFN4O3/c20-11-1-6-15(21)16(9-11)25-19(27)24-12-2-4-13(5-3-12)28-14-7-8-23-17(10-14)18(22)26/h1-10H,(H2,22,26)(H2,24,25,27). The third-order valence-electron chi connectivity index (χ3n) is 3.51. The Balaban J connectivity index is 1.62. The number of primary amides is 1. The van der Waals surface area contributed by atoms with Crippen LogP contribution < -0.4 is 21.1 Å². The fourth-order valence-electron chi connectivity index (χ4n) is 2.23. The van der Waals surface area contributed by atoms with Gasteiger partial charge in [-0.1, -0.05) is 15.9 Å². The van der Waals surface area contributed by atoms with Gasteiger partial charge in [0.2, 0.25) is 0 Å². The number of ether oxygens (including phenoxy) is 1. The molecule has 0 fully saturated rings. The molecule has 3 aromatic rings. The topological polar surface area (TPSA) is 106 Å². The zero-order valence-electron chi connectivity index (χ0n) is 14.3. The second-order valence-electron chi connectivity index (χ2n) is 5.57. The number of hydrogen-bond donors (Lipinski definition) is 3. The van der Waals surface area contributed by atoms with Gasteiger partial charge in [-0.3, -0.25) is 9.78 Å². The molecule has 0 bridgehead atoms. The molecule has 1 aromatic heterocycles. The number of carbonyl (C=O) groups excluding carboxylic acids is 2. The highest BCUT2D eigenvalue weighted by Crippen LogP contribution is 2.24. The molecule has 0 radical (unpaired) electrons. The monoisotopic (exact) mass is 444 g/mol. The van der Waals surface area contributed by atoms with Gasteiger partial charge in [0.1, 0.15) is 23.0 Å². The predicted molar refractivity (Wildman–Crippen MR) is 106 cm³/mol. The summed E-state index contributed by atoms with van der Waals surface area (Å²) in [6, 6.07) is 13.1. The summed E-state index contributed by atoms with van der Waals surface area (Å²) in [5.74, 6) is -0.328. The number of nitrogens with zero attached hydrogens (tertiary/aromatic N) is 1. The maximum absolute atomic E-state index is 13.7. The van der Waals surface area contributed by atoms with Gasteiger partial charge in [-0.25, -0.2) is 9.18 Å². The number of carbonyl (C=O) groups is 2. The number of rotatable bonds is 5. The average molecular weight is 445 g/mol. The molecule has 9 heteroatoms. The lowest BCUT2D eigenvalue weighted by atomic mass is 10.3. The number of hydrogen-bond acceptors (Lipinski definition) is 4. The van der Waals surface area contributed by atoms with Crippen LogP contribution in [-0.2, 0) is 0 Å². The van der Waals surface area contributed by atoms with Gasteiger partial charge >= 0.3 is 6.03 Å². The average Bonchev–Trinajstić information content (AvgIpc) is 2.66. The lowest BCUT2D eigenvalue weighted by molar-refractivity contribution is 0.0995. The first kappa shape index (κ1) is 19.3. The van der Waals surface area contributed by atoms with Crippen molar-refractivity contribution in [2.75, 3.05) is 10.6 Å². The molecule has 0 aliphatic carbocycles. The lowest BCUT2D eigenvalue weighted by Gasteiger charge is -2.10. The highest BCUT2D eigenvalue weighted by Gasteiger charge is 2.09. The molecule has 0 atom stereocenters. The number of amides is 3. The van der Waals surface area contributed by atoms with E-state index < -0.39 is 17.8 Å². The van der Waals surface area contributed by atoms with Crippen molar-refractivity contribution >= 4 is 39.2 Å². The Morgan fingerprint density at radius 3 is 2.46 bits per heavy atom. The zero-order chi connectivity index (χ0) is 20.1. The quantitative estimate of drug-likeness (QED) is 0.537. The number of nitrogens with one attached hydrogen (secondary N) is 2. The zero-order valence-corrected chi connectivity index (χ0v) is 15.9. The molecule has 3 rings (SSSR count). The summed E-state index contributed by atoms with van der Waals surface area (Å²) in [5.41, 5.74) is 5.81. The minimum Gasteiger partial charge on any atom is -0.457 e. The van der Waals surface area contributed by atoms with Crippen molar-refractivity contribution in [3.05, 3.63) is 76.8 Å². The van der Waals surface area contributed by atoms with Crippen LogP contribution in [0.15, 0.2) is 65.3 Å². The van der Waals surface area contributed by atoms with Crippen LogP contribution in [0.1, 0.15) is 10.5 Å². The molecule has 0 aliphatic rings. The maximum atomic E-state index is 13.7. The first-order valence-electron chi connectivity index (χ1n) is 7.97. The summed E-state index contributed by atoms with van der Waals surface area (Å²) in [4.78, 5) is 27.0. The van der Waals surface area contributed by atoms with Crippen molar-refractivity contribution < 1.29 is 18.7 Å². The normalized spacial score (nSPS) is 10.2. The molecule has 0 spiro atoms. The van der Waals surface area contributed by atoms with E-state index in [2.05, 4.69) is 31.5 Å². The third-order valence-corrected chi connectivity index (χ3v) is 4.00. The Kier molecular flexibility index (Phi) is 5.85. The SMILES string of the molecule is NC(=O)c1cc(Oc2ccc(NC(=O)Nc3cc(Br)ccc3F)cc2)ccn1. The Hall–Kier alpha value is -3.46. The molecule has 0 unspecified atom stereocenters. The number of anilines is 2. The second-order valence-corrected chi connectivity index (χ2v) is 6.49. The van der Waals surface area contributed by atoms with Gasteiger partial charge in [-0.15, -0.1) is 0 Å². The smallest absolute Gasteiger partial charge is 0.323 e. The lowest BCUT2D eigenvalue weighted by Crippen LogP contribution is -2.20. The van der Waals surface area contributed by atoms with Crippen LogP contribution >= 0.6 is 15.9 Å². The van der Waals surface area contributed by atoms with Crippen molar-refractivity contribution in [1.82, 2.24) is 4.98 Å². The molecule has 0 saturated heterocycles. The van der Waals surface area contributed by atoms with E-state index in [-0.39, 0.29) is 11.4 Å². The van der Waals surface area contributed by atoms with E-state index in [4.69, 9.17) is 10.5 Å². The summed E-state index contributed by atoms with van der Waals surface area (Å²) in [6.07, 6.45) is 1.41. The van der Waals surface area contributed by atoms with Crippen LogP contribution in [0.4, 0.5) is 20.6 Å². The third kappa shape index (κ3) is 5.04. The van der Waals surface area contributed by atoms with Gasteiger partial charge in [-0.2, -0.15) is 0 Å². The van der Waals surface area contributed by atoms with E-state index in [0.29, 0.717) is 21.7 Å². The first-order chi connectivity index (χ1) is 13.4. The van der Waals surface area contributed by atoms with Crippen LogP contribution in [0.5, 0.6) is 11.5 Å². The van der Waals surface area contributed by atoms with Crippen molar-refractivity contribution in [1.29, 1.82) is 0 Å². The number of halogens is 2. The summed E-state index contributed by atoms with van der Waals surface area (Å²) in [5, 5.41) is 5.03. The molecule has 0 aliphatic heterocycles. The van der Waals surface area contributed by atoms with Crippen LogP contribution in [0.25, 0.3) is 0 Å². The minimum absolute atomic E-state index is 0.0507. The van der Waals surface area contributed by atoms with Gasteiger partial charge in [0.25, 0.3) is 5.91 Å². The van der Waals surface area contributed by atoms with Crippen LogP contribution in [0, 0.1) is 5.82 Å². The van der Waals surface area contributed by atoms with Crippen molar-refractivity contribution in [2.45, 2.75) is 0 Å². The molecule has 28 heavy (non-hydrogen) atoms. The number of aromatic nitrogens is 1. The fourth-order valence-corrected chi connectivity index (χ4v) is 2.59. The Bertz CT molecular complexity index is 1030. The first-order valence-corrected chi connectivity index (χ1v) is 8.77. The van der Waals surface area contributed by atoms with Crippen molar-refractivity contribution in [3.63, 3.8) is 0 Å². The van der Waals surface area contributed by atoms with Gasteiger partial charge in [0.05, 0.1) is 5.69 Å². The van der Waals surface area contributed by atoms with E-state index >= 15 is 0 Å². The second kappa shape index (κ2) is 8.49. The van der Waals surface area contributed by atoms with Crippen LogP contribution in [0.2, 0.25) is 0 Å². The summed E-state index contributed by atoms with van der Waals surface area (Å²) in [6.45, 7) is 0. The highest BCUT2D eigenvalue weighted by molar-refractivity contribution is 9.10. The highest BCUT2D eigenvalue weighted by atomic mass is 79.9.